The van der Waals surface area contributed by atoms with Crippen LogP contribution in [0.5, 0.6) is 5.75 Å². The van der Waals surface area contributed by atoms with Gasteiger partial charge in [0.15, 0.2) is 0 Å². The van der Waals surface area contributed by atoms with Crippen molar-refractivity contribution >= 4 is 5.91 Å². The number of aryl methyl sites for hydroxylation is 1. The number of ether oxygens (including phenoxy) is 1. The quantitative estimate of drug-likeness (QED) is 0.913. The Morgan fingerprint density at radius 2 is 2.23 bits per heavy atom. The van der Waals surface area contributed by atoms with Crippen molar-refractivity contribution in [3.63, 3.8) is 0 Å². The van der Waals surface area contributed by atoms with Gasteiger partial charge in [-0.15, -0.1) is 0 Å². The molecule has 0 radical (unpaired) electrons. The average molecular weight is 355 g/mol. The predicted octanol–water partition coefficient (Wildman–Crippen LogP) is 1.92. The Kier molecular flexibility index (Phi) is 4.68. The molecule has 138 valence electrons. The Morgan fingerprint density at radius 1 is 1.38 bits per heavy atom. The largest absolute Gasteiger partial charge is 0.493 e. The van der Waals surface area contributed by atoms with Gasteiger partial charge in [-0.25, -0.2) is 0 Å². The zero-order chi connectivity index (χ0) is 18.1. The van der Waals surface area contributed by atoms with Crippen molar-refractivity contribution in [2.75, 3.05) is 13.2 Å². The Bertz CT molecular complexity index is 815. The molecule has 3 heterocycles. The fraction of sp³-hybridized carbons (Fsp3) is 0.500. The second-order valence-corrected chi connectivity index (χ2v) is 7.00. The number of hydrogen-bond donors (Lipinski definition) is 1. The molecule has 4 rings (SSSR count). The highest BCUT2D eigenvalue weighted by Crippen LogP contribution is 2.30. The number of benzene rings is 1. The molecule has 1 N–H and O–H groups in total. The Hall–Kier alpha value is -2.34. The maximum Gasteiger partial charge on any atom is 0.226 e. The maximum absolute atomic E-state index is 13.2. The minimum Gasteiger partial charge on any atom is -0.493 e. The molecule has 0 spiro atoms. The molecule has 1 atom stereocenters. The highest BCUT2D eigenvalue weighted by Gasteiger charge is 2.32. The topological polar surface area (TPSA) is 67.6 Å². The van der Waals surface area contributed by atoms with Crippen LogP contribution >= 0.6 is 0 Å². The Balaban J connectivity index is 1.54. The number of aliphatic hydroxyl groups excluding tert-OH is 1. The van der Waals surface area contributed by atoms with E-state index in [2.05, 4.69) is 12.0 Å². The second kappa shape index (κ2) is 7.11. The molecular weight excluding hydrogens is 330 g/mol. The van der Waals surface area contributed by atoms with E-state index in [0.717, 1.165) is 48.4 Å². The summed E-state index contributed by atoms with van der Waals surface area (Å²) in [5.74, 6) is 1.03. The van der Waals surface area contributed by atoms with E-state index in [1.807, 2.05) is 33.8 Å². The van der Waals surface area contributed by atoms with Crippen molar-refractivity contribution in [2.24, 2.45) is 5.92 Å². The zero-order valence-electron chi connectivity index (χ0n) is 15.1. The van der Waals surface area contributed by atoms with Crippen LogP contribution in [0, 0.1) is 5.92 Å². The van der Waals surface area contributed by atoms with Crippen molar-refractivity contribution in [1.82, 2.24) is 14.7 Å². The van der Waals surface area contributed by atoms with Crippen molar-refractivity contribution in [3.8, 4) is 5.75 Å². The average Bonchev–Trinajstić information content (AvgIpc) is 2.89. The first-order valence-electron chi connectivity index (χ1n) is 9.39. The van der Waals surface area contributed by atoms with Crippen LogP contribution in [0.3, 0.4) is 0 Å². The van der Waals surface area contributed by atoms with Gasteiger partial charge in [0, 0.05) is 43.2 Å². The normalized spacial score (nSPS) is 19.3. The van der Waals surface area contributed by atoms with Gasteiger partial charge in [-0.3, -0.25) is 9.48 Å². The monoisotopic (exact) mass is 355 g/mol. The summed E-state index contributed by atoms with van der Waals surface area (Å²) in [4.78, 5) is 15.1. The molecule has 2 aliphatic heterocycles. The lowest BCUT2D eigenvalue weighted by molar-refractivity contribution is -0.136. The smallest absolute Gasteiger partial charge is 0.226 e. The molecule has 0 fully saturated rings. The van der Waals surface area contributed by atoms with Gasteiger partial charge in [0.2, 0.25) is 5.91 Å². The molecule has 0 bridgehead atoms. The van der Waals surface area contributed by atoms with Crippen LogP contribution in [-0.2, 0) is 37.3 Å². The van der Waals surface area contributed by atoms with Crippen molar-refractivity contribution < 1.29 is 14.6 Å². The first-order valence-corrected chi connectivity index (χ1v) is 9.39. The van der Waals surface area contributed by atoms with Gasteiger partial charge in [0.1, 0.15) is 5.75 Å². The van der Waals surface area contributed by atoms with E-state index in [9.17, 15) is 9.90 Å². The van der Waals surface area contributed by atoms with E-state index in [-0.39, 0.29) is 18.4 Å². The van der Waals surface area contributed by atoms with E-state index < -0.39 is 0 Å². The van der Waals surface area contributed by atoms with Gasteiger partial charge in [-0.1, -0.05) is 18.2 Å². The molecule has 2 aliphatic rings. The summed E-state index contributed by atoms with van der Waals surface area (Å²) in [6.45, 7) is 4.58. The molecule has 2 aromatic rings. The minimum absolute atomic E-state index is 0.0565. The number of hydrogen-bond acceptors (Lipinski definition) is 4. The molecular formula is C20H25N3O3. The fourth-order valence-corrected chi connectivity index (χ4v) is 4.10. The fourth-order valence-electron chi connectivity index (χ4n) is 4.10. The maximum atomic E-state index is 13.2. The summed E-state index contributed by atoms with van der Waals surface area (Å²) in [5.41, 5.74) is 4.00. The molecule has 0 saturated carbocycles. The lowest BCUT2D eigenvalue weighted by atomic mass is 9.94. The van der Waals surface area contributed by atoms with E-state index >= 15 is 0 Å². The van der Waals surface area contributed by atoms with Crippen LogP contribution in [0.25, 0.3) is 0 Å². The van der Waals surface area contributed by atoms with Crippen LogP contribution in [0.1, 0.15) is 35.9 Å². The number of para-hydroxylation sites is 1. The zero-order valence-corrected chi connectivity index (χ0v) is 15.1. The lowest BCUT2D eigenvalue weighted by Crippen LogP contribution is -2.41. The Morgan fingerprint density at radius 3 is 3.04 bits per heavy atom. The van der Waals surface area contributed by atoms with Gasteiger partial charge in [-0.2, -0.15) is 5.10 Å². The summed E-state index contributed by atoms with van der Waals surface area (Å²) in [6.07, 6.45) is 2.25. The van der Waals surface area contributed by atoms with E-state index in [1.165, 1.54) is 0 Å². The SMILES string of the molecule is CCn1nc(CO)c2c1CCN(C(=O)[C@H]1CCOc3ccccc3C1)C2. The van der Waals surface area contributed by atoms with Crippen LogP contribution in [0.2, 0.25) is 0 Å². The summed E-state index contributed by atoms with van der Waals surface area (Å²) in [6, 6.07) is 7.98. The molecule has 0 aliphatic carbocycles. The number of rotatable bonds is 3. The molecule has 26 heavy (non-hydrogen) atoms. The summed E-state index contributed by atoms with van der Waals surface area (Å²) in [7, 11) is 0. The first-order chi connectivity index (χ1) is 12.7. The van der Waals surface area contributed by atoms with Gasteiger partial charge >= 0.3 is 0 Å². The number of aliphatic hydroxyl groups is 1. The number of fused-ring (bicyclic) bond motifs is 2. The molecule has 0 saturated heterocycles. The predicted molar refractivity (Wildman–Crippen MR) is 96.7 cm³/mol. The van der Waals surface area contributed by atoms with Gasteiger partial charge in [0.25, 0.3) is 0 Å². The third kappa shape index (κ3) is 2.98. The second-order valence-electron chi connectivity index (χ2n) is 7.00. The van der Waals surface area contributed by atoms with Crippen molar-refractivity contribution in [3.05, 3.63) is 46.8 Å². The molecule has 6 heteroatoms. The van der Waals surface area contributed by atoms with Crippen molar-refractivity contribution in [1.29, 1.82) is 0 Å². The molecule has 1 amide bonds. The van der Waals surface area contributed by atoms with Crippen molar-refractivity contribution in [2.45, 2.75) is 45.9 Å². The number of aromatic nitrogens is 2. The summed E-state index contributed by atoms with van der Waals surface area (Å²) < 4.78 is 7.77. The highest BCUT2D eigenvalue weighted by molar-refractivity contribution is 5.79. The highest BCUT2D eigenvalue weighted by atomic mass is 16.5. The molecule has 1 aromatic heterocycles. The van der Waals surface area contributed by atoms with E-state index in [4.69, 9.17) is 4.74 Å². The lowest BCUT2D eigenvalue weighted by Gasteiger charge is -2.30. The number of carbonyl (C=O) groups is 1. The third-order valence-electron chi connectivity index (χ3n) is 5.49. The number of nitrogens with zero attached hydrogens (tertiary/aromatic N) is 3. The minimum atomic E-state index is -0.0813. The molecule has 6 nitrogen and oxygen atoms in total. The van der Waals surface area contributed by atoms with Gasteiger partial charge in [0.05, 0.1) is 18.9 Å². The number of carbonyl (C=O) groups excluding carboxylic acids is 1. The van der Waals surface area contributed by atoms with Crippen LogP contribution < -0.4 is 4.74 Å². The standard InChI is InChI=1S/C20H25N3O3/c1-2-23-18-7-9-22(12-16(18)17(13-24)21-23)20(25)15-8-10-26-19-6-4-3-5-14(19)11-15/h3-6,15,24H,2,7-13H2,1H3/t15-/m0/s1. The summed E-state index contributed by atoms with van der Waals surface area (Å²) >= 11 is 0. The van der Waals surface area contributed by atoms with Gasteiger partial charge in [-0.05, 0) is 31.4 Å². The molecule has 1 aromatic carbocycles. The Labute approximate surface area is 153 Å². The van der Waals surface area contributed by atoms with Crippen LogP contribution in [0.15, 0.2) is 24.3 Å². The number of amides is 1. The van der Waals surface area contributed by atoms with Gasteiger partial charge < -0.3 is 14.7 Å². The van der Waals surface area contributed by atoms with E-state index in [0.29, 0.717) is 25.4 Å². The third-order valence-corrected chi connectivity index (χ3v) is 5.49. The molecule has 0 unspecified atom stereocenters. The van der Waals surface area contributed by atoms with Crippen LogP contribution in [0.4, 0.5) is 0 Å². The van der Waals surface area contributed by atoms with Crippen LogP contribution in [-0.4, -0.2) is 38.8 Å². The first kappa shape index (κ1) is 17.1. The van der Waals surface area contributed by atoms with E-state index in [1.54, 1.807) is 0 Å². The summed E-state index contributed by atoms with van der Waals surface area (Å²) in [5, 5.41) is 14.1.